The third kappa shape index (κ3) is 6.24. The summed E-state index contributed by atoms with van der Waals surface area (Å²) in [6, 6.07) is 18.4. The molecule has 0 aromatic heterocycles. The van der Waals surface area contributed by atoms with Gasteiger partial charge in [0.1, 0.15) is 5.75 Å². The van der Waals surface area contributed by atoms with Crippen LogP contribution in [0.15, 0.2) is 60.7 Å². The van der Waals surface area contributed by atoms with Gasteiger partial charge in [-0.1, -0.05) is 55.5 Å². The molecule has 1 heterocycles. The van der Waals surface area contributed by atoms with Gasteiger partial charge in [-0.25, -0.2) is 0 Å². The molecule has 4 heteroatoms. The van der Waals surface area contributed by atoms with E-state index in [1.165, 1.54) is 5.56 Å². The van der Waals surface area contributed by atoms with Gasteiger partial charge in [-0.05, 0) is 37.0 Å². The molecule has 4 nitrogen and oxygen atoms in total. The number of carbonyl (C=O) groups is 1. The zero-order valence-electron chi connectivity index (χ0n) is 16.6. The number of carbonyl (C=O) groups excluding carboxylic acids is 1. The summed E-state index contributed by atoms with van der Waals surface area (Å²) in [7, 11) is 0. The minimum atomic E-state index is -0.0133. The third-order valence-electron chi connectivity index (χ3n) is 4.99. The predicted molar refractivity (Wildman–Crippen MR) is 114 cm³/mol. The number of amides is 1. The van der Waals surface area contributed by atoms with E-state index in [1.807, 2.05) is 42.5 Å². The second-order valence-electron chi connectivity index (χ2n) is 7.26. The van der Waals surface area contributed by atoms with Gasteiger partial charge in [-0.2, -0.15) is 0 Å². The first kappa shape index (κ1) is 20.2. The quantitative estimate of drug-likeness (QED) is 0.698. The molecule has 148 valence electrons. The Balaban J connectivity index is 1.45. The van der Waals surface area contributed by atoms with Gasteiger partial charge in [0.2, 0.25) is 5.91 Å². The summed E-state index contributed by atoms with van der Waals surface area (Å²) >= 11 is 0. The van der Waals surface area contributed by atoms with Crippen molar-refractivity contribution in [3.8, 4) is 5.75 Å². The Hall–Kier alpha value is -2.59. The SMILES string of the molecule is CCCOc1ccccc1CN1CCC(NC(=O)C=Cc2ccccc2)CC1. The van der Waals surface area contributed by atoms with Crippen LogP contribution in [0.25, 0.3) is 6.08 Å². The van der Waals surface area contributed by atoms with Crippen LogP contribution in [0.3, 0.4) is 0 Å². The van der Waals surface area contributed by atoms with E-state index in [2.05, 4.69) is 35.3 Å². The summed E-state index contributed by atoms with van der Waals surface area (Å²) < 4.78 is 5.87. The first-order chi connectivity index (χ1) is 13.7. The van der Waals surface area contributed by atoms with Gasteiger partial charge >= 0.3 is 0 Å². The number of rotatable bonds is 8. The van der Waals surface area contributed by atoms with Crippen LogP contribution in [0.1, 0.15) is 37.3 Å². The number of benzene rings is 2. The van der Waals surface area contributed by atoms with Crippen LogP contribution in [0.4, 0.5) is 0 Å². The molecule has 2 aromatic carbocycles. The summed E-state index contributed by atoms with van der Waals surface area (Å²) in [6.45, 7) is 5.73. The molecule has 0 radical (unpaired) electrons. The van der Waals surface area contributed by atoms with E-state index < -0.39 is 0 Å². The third-order valence-corrected chi connectivity index (χ3v) is 4.99. The smallest absolute Gasteiger partial charge is 0.244 e. The van der Waals surface area contributed by atoms with Crippen molar-refractivity contribution in [2.45, 2.75) is 38.8 Å². The van der Waals surface area contributed by atoms with E-state index in [4.69, 9.17) is 4.74 Å². The number of nitrogens with zero attached hydrogens (tertiary/aromatic N) is 1. The standard InChI is InChI=1S/C24H30N2O2/c1-2-18-28-23-11-7-6-10-21(23)19-26-16-14-22(15-17-26)25-24(27)13-12-20-8-4-3-5-9-20/h3-13,22H,2,14-19H2,1H3,(H,25,27). The number of hydrogen-bond donors (Lipinski definition) is 1. The summed E-state index contributed by atoms with van der Waals surface area (Å²) in [5, 5.41) is 3.14. The van der Waals surface area contributed by atoms with Crippen molar-refractivity contribution in [2.75, 3.05) is 19.7 Å². The minimum Gasteiger partial charge on any atom is -0.493 e. The van der Waals surface area contributed by atoms with Gasteiger partial charge in [0, 0.05) is 37.3 Å². The van der Waals surface area contributed by atoms with Gasteiger partial charge in [-0.3, -0.25) is 9.69 Å². The molecule has 2 aromatic rings. The van der Waals surface area contributed by atoms with Crippen LogP contribution < -0.4 is 10.1 Å². The second-order valence-corrected chi connectivity index (χ2v) is 7.26. The number of ether oxygens (including phenoxy) is 1. The first-order valence-corrected chi connectivity index (χ1v) is 10.2. The number of nitrogens with one attached hydrogen (secondary N) is 1. The molecule has 0 saturated carbocycles. The topological polar surface area (TPSA) is 41.6 Å². The van der Waals surface area contributed by atoms with Crippen LogP contribution in [0.2, 0.25) is 0 Å². The van der Waals surface area contributed by atoms with Crippen LogP contribution in [-0.2, 0) is 11.3 Å². The van der Waals surface area contributed by atoms with Crippen molar-refractivity contribution in [3.63, 3.8) is 0 Å². The van der Waals surface area contributed by atoms with E-state index in [9.17, 15) is 4.79 Å². The Bertz CT molecular complexity index is 765. The highest BCUT2D eigenvalue weighted by Gasteiger charge is 2.20. The Morgan fingerprint density at radius 3 is 2.57 bits per heavy atom. The summed E-state index contributed by atoms with van der Waals surface area (Å²) in [5.74, 6) is 0.978. The maximum Gasteiger partial charge on any atom is 0.244 e. The average Bonchev–Trinajstić information content (AvgIpc) is 2.74. The molecule has 0 bridgehead atoms. The van der Waals surface area contributed by atoms with Crippen LogP contribution >= 0.6 is 0 Å². The lowest BCUT2D eigenvalue weighted by molar-refractivity contribution is -0.117. The van der Waals surface area contributed by atoms with Crippen LogP contribution in [0.5, 0.6) is 5.75 Å². The van der Waals surface area contributed by atoms with Crippen molar-refractivity contribution < 1.29 is 9.53 Å². The summed E-state index contributed by atoms with van der Waals surface area (Å²) in [6.07, 6.45) is 6.45. The van der Waals surface area contributed by atoms with Crippen molar-refractivity contribution >= 4 is 12.0 Å². The molecular weight excluding hydrogens is 348 g/mol. The molecule has 0 unspecified atom stereocenters. The normalized spacial score (nSPS) is 15.6. The number of para-hydroxylation sites is 1. The first-order valence-electron chi connectivity index (χ1n) is 10.2. The Kier molecular flexibility index (Phi) is 7.68. The highest BCUT2D eigenvalue weighted by atomic mass is 16.5. The second kappa shape index (κ2) is 10.7. The molecule has 3 rings (SSSR count). The van der Waals surface area contributed by atoms with Crippen molar-refractivity contribution in [3.05, 3.63) is 71.8 Å². The lowest BCUT2D eigenvalue weighted by atomic mass is 10.0. The van der Waals surface area contributed by atoms with E-state index in [0.29, 0.717) is 0 Å². The van der Waals surface area contributed by atoms with Crippen molar-refractivity contribution in [1.82, 2.24) is 10.2 Å². The molecule has 0 atom stereocenters. The molecule has 1 N–H and O–H groups in total. The zero-order chi connectivity index (χ0) is 19.6. The van der Waals surface area contributed by atoms with Crippen LogP contribution in [-0.4, -0.2) is 36.5 Å². The summed E-state index contributed by atoms with van der Waals surface area (Å²) in [5.41, 5.74) is 2.28. The fraction of sp³-hybridized carbons (Fsp3) is 0.375. The monoisotopic (exact) mass is 378 g/mol. The van der Waals surface area contributed by atoms with E-state index >= 15 is 0 Å². The molecule has 1 amide bonds. The lowest BCUT2D eigenvalue weighted by Gasteiger charge is -2.32. The Morgan fingerprint density at radius 1 is 1.11 bits per heavy atom. The van der Waals surface area contributed by atoms with Crippen LogP contribution in [0, 0.1) is 0 Å². The molecule has 0 aliphatic carbocycles. The molecule has 0 spiro atoms. The average molecular weight is 379 g/mol. The molecule has 28 heavy (non-hydrogen) atoms. The molecule has 1 aliphatic heterocycles. The zero-order valence-corrected chi connectivity index (χ0v) is 16.6. The maximum absolute atomic E-state index is 12.2. The molecular formula is C24H30N2O2. The van der Waals surface area contributed by atoms with E-state index in [1.54, 1.807) is 6.08 Å². The molecule has 1 aliphatic rings. The largest absolute Gasteiger partial charge is 0.493 e. The lowest BCUT2D eigenvalue weighted by Crippen LogP contribution is -2.43. The minimum absolute atomic E-state index is 0.0133. The number of likely N-dealkylation sites (tertiary alicyclic amines) is 1. The van der Waals surface area contributed by atoms with Gasteiger partial charge < -0.3 is 10.1 Å². The van der Waals surface area contributed by atoms with Crippen molar-refractivity contribution in [2.24, 2.45) is 0 Å². The van der Waals surface area contributed by atoms with Gasteiger partial charge in [0.15, 0.2) is 0 Å². The van der Waals surface area contributed by atoms with E-state index in [-0.39, 0.29) is 11.9 Å². The summed E-state index contributed by atoms with van der Waals surface area (Å²) in [4.78, 5) is 14.6. The predicted octanol–water partition coefficient (Wildman–Crippen LogP) is 4.27. The molecule has 1 saturated heterocycles. The van der Waals surface area contributed by atoms with Gasteiger partial charge in [-0.15, -0.1) is 0 Å². The van der Waals surface area contributed by atoms with Crippen molar-refractivity contribution in [1.29, 1.82) is 0 Å². The number of piperidine rings is 1. The highest BCUT2D eigenvalue weighted by Crippen LogP contribution is 2.22. The van der Waals surface area contributed by atoms with E-state index in [0.717, 1.165) is 56.8 Å². The van der Waals surface area contributed by atoms with Gasteiger partial charge in [0.05, 0.1) is 6.61 Å². The fourth-order valence-electron chi connectivity index (χ4n) is 3.45. The maximum atomic E-state index is 12.2. The molecule has 1 fully saturated rings. The van der Waals surface area contributed by atoms with Gasteiger partial charge in [0.25, 0.3) is 0 Å². The Labute approximate surface area is 168 Å². The fourth-order valence-corrected chi connectivity index (χ4v) is 3.45. The Morgan fingerprint density at radius 2 is 1.82 bits per heavy atom. The number of hydrogen-bond acceptors (Lipinski definition) is 3. The highest BCUT2D eigenvalue weighted by molar-refractivity contribution is 5.91.